The molecule has 4 rings (SSSR count). The number of benzene rings is 2. The number of aromatic nitrogens is 2. The topological polar surface area (TPSA) is 35.0 Å². The average molecular weight is 463 g/mol. The maximum atomic E-state index is 13.4. The Morgan fingerprint density at radius 2 is 1.80 bits per heavy atom. The Kier molecular flexibility index (Phi) is 5.99. The summed E-state index contributed by atoms with van der Waals surface area (Å²) in [5, 5.41) is 2.57. The first-order valence-electron chi connectivity index (χ1n) is 8.86. The Bertz CT molecular complexity index is 1190. The Morgan fingerprint density at radius 3 is 2.47 bits per heavy atom. The second-order valence-electron chi connectivity index (χ2n) is 6.53. The highest BCUT2D eigenvalue weighted by molar-refractivity contribution is 7.15. The van der Waals surface area contributed by atoms with Crippen molar-refractivity contribution in [2.24, 2.45) is 0 Å². The summed E-state index contributed by atoms with van der Waals surface area (Å²) in [6.45, 7) is 1.95. The number of ether oxygens (including phenoxy) is 1. The average Bonchev–Trinajstić information content (AvgIpc) is 3.07. The molecule has 152 valence electrons. The highest BCUT2D eigenvalue weighted by Crippen LogP contribution is 2.40. The van der Waals surface area contributed by atoms with Crippen LogP contribution in [0.1, 0.15) is 11.1 Å². The lowest BCUT2D eigenvalue weighted by Gasteiger charge is -2.12. The van der Waals surface area contributed by atoms with E-state index in [0.717, 1.165) is 34.4 Å². The summed E-state index contributed by atoms with van der Waals surface area (Å²) in [6, 6.07) is 11.0. The predicted molar refractivity (Wildman–Crippen MR) is 116 cm³/mol. The van der Waals surface area contributed by atoms with Crippen molar-refractivity contribution in [2.75, 3.05) is 0 Å². The fraction of sp³-hybridized carbons (Fsp3) is 0.0909. The summed E-state index contributed by atoms with van der Waals surface area (Å²) in [7, 11) is 0. The minimum atomic E-state index is -0.934. The zero-order chi connectivity index (χ0) is 21.3. The van der Waals surface area contributed by atoms with Gasteiger partial charge in [0, 0.05) is 22.3 Å². The van der Waals surface area contributed by atoms with E-state index in [1.54, 1.807) is 18.3 Å². The van der Waals surface area contributed by atoms with Crippen LogP contribution in [0, 0.1) is 18.6 Å². The molecule has 2 heterocycles. The van der Waals surface area contributed by atoms with Crippen molar-refractivity contribution in [3.05, 3.63) is 86.2 Å². The predicted octanol–water partition coefficient (Wildman–Crippen LogP) is 7.34. The lowest BCUT2D eigenvalue weighted by Crippen LogP contribution is -2.02. The summed E-state index contributed by atoms with van der Waals surface area (Å²) in [4.78, 5) is 8.87. The minimum Gasteiger partial charge on any atom is -0.459 e. The van der Waals surface area contributed by atoms with E-state index in [0.29, 0.717) is 20.6 Å². The first kappa shape index (κ1) is 20.7. The van der Waals surface area contributed by atoms with Crippen LogP contribution in [-0.2, 0) is 6.61 Å². The molecule has 4 aromatic rings. The quantitative estimate of drug-likeness (QED) is 0.311. The van der Waals surface area contributed by atoms with Gasteiger partial charge in [-0.25, -0.2) is 13.8 Å². The minimum absolute atomic E-state index is 0.00666. The fourth-order valence-corrected chi connectivity index (χ4v) is 4.21. The monoisotopic (exact) mass is 462 g/mol. The Balaban J connectivity index is 1.72. The molecular formula is C22H14Cl2F2N2OS. The number of halogens is 4. The number of aryl methyl sites for hydroxylation is 1. The molecule has 0 unspecified atom stereocenters. The van der Waals surface area contributed by atoms with Gasteiger partial charge < -0.3 is 4.74 Å². The largest absolute Gasteiger partial charge is 0.459 e. The van der Waals surface area contributed by atoms with Gasteiger partial charge in [0.05, 0.1) is 5.69 Å². The van der Waals surface area contributed by atoms with Crippen LogP contribution >= 0.6 is 34.5 Å². The van der Waals surface area contributed by atoms with Crippen LogP contribution in [-0.4, -0.2) is 9.97 Å². The molecule has 3 nitrogen and oxygen atoms in total. The third kappa shape index (κ3) is 4.31. The molecule has 0 aliphatic carbocycles. The van der Waals surface area contributed by atoms with Crippen molar-refractivity contribution < 1.29 is 13.5 Å². The van der Waals surface area contributed by atoms with Gasteiger partial charge in [-0.15, -0.1) is 11.3 Å². The number of hydrogen-bond donors (Lipinski definition) is 0. The standard InChI is InChI=1S/C22H14Cl2F2N2OS/c1-12-11-30-21(24)19(12)20-16(14-3-5-15(23)6-4-14)9-27-22(28-20)29-10-13-2-7-17(25)18(26)8-13/h2-9,11H,10H2,1H3. The SMILES string of the molecule is Cc1csc(Cl)c1-c1nc(OCc2ccc(F)c(F)c2)ncc1-c1ccc(Cl)cc1. The molecule has 0 spiro atoms. The van der Waals surface area contributed by atoms with Gasteiger partial charge >= 0.3 is 6.01 Å². The van der Waals surface area contributed by atoms with Gasteiger partial charge in [0.1, 0.15) is 10.9 Å². The van der Waals surface area contributed by atoms with E-state index in [4.69, 9.17) is 27.9 Å². The van der Waals surface area contributed by atoms with E-state index in [9.17, 15) is 8.78 Å². The van der Waals surface area contributed by atoms with Crippen LogP contribution in [0.4, 0.5) is 8.78 Å². The Labute approximate surface area is 185 Å². The molecule has 2 aromatic heterocycles. The highest BCUT2D eigenvalue weighted by Gasteiger charge is 2.18. The maximum Gasteiger partial charge on any atom is 0.317 e. The molecule has 0 aliphatic rings. The van der Waals surface area contributed by atoms with E-state index >= 15 is 0 Å². The molecule has 0 radical (unpaired) electrons. The van der Waals surface area contributed by atoms with Crippen molar-refractivity contribution in [1.82, 2.24) is 9.97 Å². The number of hydrogen-bond acceptors (Lipinski definition) is 4. The Hall–Kier alpha value is -2.54. The van der Waals surface area contributed by atoms with E-state index in [2.05, 4.69) is 9.97 Å². The molecular weight excluding hydrogens is 449 g/mol. The van der Waals surface area contributed by atoms with Crippen molar-refractivity contribution in [3.8, 4) is 28.4 Å². The molecule has 0 amide bonds. The van der Waals surface area contributed by atoms with Gasteiger partial charge in [-0.05, 0) is 53.3 Å². The number of nitrogens with zero attached hydrogens (tertiary/aromatic N) is 2. The van der Waals surface area contributed by atoms with Crippen LogP contribution in [0.2, 0.25) is 9.36 Å². The molecule has 0 atom stereocenters. The third-order valence-corrected chi connectivity index (χ3v) is 6.03. The molecule has 0 N–H and O–H groups in total. The molecule has 0 saturated heterocycles. The zero-order valence-electron chi connectivity index (χ0n) is 15.6. The summed E-state index contributed by atoms with van der Waals surface area (Å²) in [5.41, 5.74) is 4.51. The first-order chi connectivity index (χ1) is 14.4. The third-order valence-electron chi connectivity index (χ3n) is 4.44. The molecule has 0 saturated carbocycles. The highest BCUT2D eigenvalue weighted by atomic mass is 35.5. The van der Waals surface area contributed by atoms with Gasteiger partial charge in [-0.2, -0.15) is 4.98 Å². The summed E-state index contributed by atoms with van der Waals surface area (Å²) in [6.07, 6.45) is 1.65. The second-order valence-corrected chi connectivity index (χ2v) is 8.44. The van der Waals surface area contributed by atoms with Crippen molar-refractivity contribution >= 4 is 34.5 Å². The maximum absolute atomic E-state index is 13.4. The zero-order valence-corrected chi connectivity index (χ0v) is 18.0. The molecule has 0 bridgehead atoms. The smallest absolute Gasteiger partial charge is 0.317 e. The molecule has 2 aromatic carbocycles. The molecule has 30 heavy (non-hydrogen) atoms. The van der Waals surface area contributed by atoms with E-state index in [-0.39, 0.29) is 12.6 Å². The first-order valence-corrected chi connectivity index (χ1v) is 10.5. The Morgan fingerprint density at radius 1 is 1.03 bits per heavy atom. The van der Waals surface area contributed by atoms with E-state index in [1.165, 1.54) is 17.4 Å². The molecule has 0 aliphatic heterocycles. The lowest BCUT2D eigenvalue weighted by atomic mass is 10.0. The normalized spacial score (nSPS) is 11.0. The van der Waals surface area contributed by atoms with Crippen molar-refractivity contribution in [3.63, 3.8) is 0 Å². The van der Waals surface area contributed by atoms with Gasteiger partial charge in [0.25, 0.3) is 0 Å². The van der Waals surface area contributed by atoms with Crippen LogP contribution in [0.25, 0.3) is 22.4 Å². The summed E-state index contributed by atoms with van der Waals surface area (Å²) in [5.74, 6) is -1.84. The summed E-state index contributed by atoms with van der Waals surface area (Å²) >= 11 is 13.9. The van der Waals surface area contributed by atoms with Gasteiger partial charge in [-0.1, -0.05) is 41.4 Å². The van der Waals surface area contributed by atoms with Crippen LogP contribution < -0.4 is 4.74 Å². The number of rotatable bonds is 5. The summed E-state index contributed by atoms with van der Waals surface area (Å²) < 4.78 is 32.8. The molecule has 0 fully saturated rings. The van der Waals surface area contributed by atoms with Gasteiger partial charge in [0.15, 0.2) is 11.6 Å². The number of thiophene rings is 1. The van der Waals surface area contributed by atoms with Crippen LogP contribution in [0.5, 0.6) is 6.01 Å². The molecule has 8 heteroatoms. The van der Waals surface area contributed by atoms with E-state index in [1.807, 2.05) is 24.4 Å². The van der Waals surface area contributed by atoms with Crippen molar-refractivity contribution in [1.29, 1.82) is 0 Å². The lowest BCUT2D eigenvalue weighted by molar-refractivity contribution is 0.280. The van der Waals surface area contributed by atoms with Crippen molar-refractivity contribution in [2.45, 2.75) is 13.5 Å². The van der Waals surface area contributed by atoms with Gasteiger partial charge in [0.2, 0.25) is 0 Å². The van der Waals surface area contributed by atoms with Gasteiger partial charge in [-0.3, -0.25) is 0 Å². The second kappa shape index (κ2) is 8.68. The van der Waals surface area contributed by atoms with Crippen LogP contribution in [0.15, 0.2) is 54.0 Å². The van der Waals surface area contributed by atoms with Crippen LogP contribution in [0.3, 0.4) is 0 Å². The van der Waals surface area contributed by atoms with E-state index < -0.39 is 11.6 Å². The fourth-order valence-electron chi connectivity index (χ4n) is 2.94.